The van der Waals surface area contributed by atoms with Crippen molar-refractivity contribution in [3.63, 3.8) is 0 Å². The first kappa shape index (κ1) is 11.0. The normalized spacial score (nSPS) is 13.4. The molecular formula is C13H12FN3O. The van der Waals surface area contributed by atoms with Gasteiger partial charge in [0.1, 0.15) is 12.1 Å². The predicted molar refractivity (Wildman–Crippen MR) is 64.9 cm³/mol. The molecule has 18 heavy (non-hydrogen) atoms. The third-order valence-corrected chi connectivity index (χ3v) is 3.01. The number of hydrogen-bond donors (Lipinski definition) is 1. The van der Waals surface area contributed by atoms with Crippen molar-refractivity contribution in [2.75, 3.05) is 5.73 Å². The lowest BCUT2D eigenvalue weighted by atomic mass is 10.2. The molecule has 1 aromatic carbocycles. The molecule has 4 nitrogen and oxygen atoms in total. The van der Waals surface area contributed by atoms with Crippen molar-refractivity contribution in [2.45, 2.75) is 19.3 Å². The molecule has 0 fully saturated rings. The standard InChI is InChI=1S/C13H12FN3O/c14-8-4-5-12(10(15)6-8)18-13-9-2-1-3-11(9)16-7-17-13/h4-7H,1-3,15H2. The Morgan fingerprint density at radius 1 is 1.22 bits per heavy atom. The Morgan fingerprint density at radius 3 is 2.94 bits per heavy atom. The van der Waals surface area contributed by atoms with E-state index in [2.05, 4.69) is 9.97 Å². The average Bonchev–Trinajstić information content (AvgIpc) is 2.82. The lowest BCUT2D eigenvalue weighted by Crippen LogP contribution is -1.99. The molecule has 3 rings (SSSR count). The van der Waals surface area contributed by atoms with E-state index >= 15 is 0 Å². The van der Waals surface area contributed by atoms with Crippen molar-refractivity contribution in [3.8, 4) is 11.6 Å². The quantitative estimate of drug-likeness (QED) is 0.826. The van der Waals surface area contributed by atoms with Crippen LogP contribution in [0.4, 0.5) is 10.1 Å². The molecule has 1 aliphatic carbocycles. The van der Waals surface area contributed by atoms with E-state index in [0.29, 0.717) is 11.6 Å². The maximum absolute atomic E-state index is 12.9. The van der Waals surface area contributed by atoms with Gasteiger partial charge in [-0.2, -0.15) is 0 Å². The number of anilines is 1. The first-order chi connectivity index (χ1) is 8.74. The number of nitrogens with zero attached hydrogens (tertiary/aromatic N) is 2. The van der Waals surface area contributed by atoms with Gasteiger partial charge in [0.25, 0.3) is 0 Å². The van der Waals surface area contributed by atoms with Crippen LogP contribution in [0, 0.1) is 5.82 Å². The Kier molecular flexibility index (Phi) is 2.59. The molecule has 0 saturated carbocycles. The lowest BCUT2D eigenvalue weighted by molar-refractivity contribution is 0.456. The van der Waals surface area contributed by atoms with Gasteiger partial charge in [0.2, 0.25) is 5.88 Å². The van der Waals surface area contributed by atoms with Crippen LogP contribution in [-0.4, -0.2) is 9.97 Å². The van der Waals surface area contributed by atoms with E-state index in [0.717, 1.165) is 30.5 Å². The molecular weight excluding hydrogens is 233 g/mol. The summed E-state index contributed by atoms with van der Waals surface area (Å²) < 4.78 is 18.6. The molecule has 5 heteroatoms. The summed E-state index contributed by atoms with van der Waals surface area (Å²) in [4.78, 5) is 8.34. The van der Waals surface area contributed by atoms with Gasteiger partial charge in [-0.15, -0.1) is 0 Å². The van der Waals surface area contributed by atoms with Gasteiger partial charge in [0, 0.05) is 11.6 Å². The van der Waals surface area contributed by atoms with Crippen LogP contribution < -0.4 is 10.5 Å². The fourth-order valence-corrected chi connectivity index (χ4v) is 2.13. The zero-order valence-electron chi connectivity index (χ0n) is 9.69. The van der Waals surface area contributed by atoms with Crippen LogP contribution in [0.25, 0.3) is 0 Å². The summed E-state index contributed by atoms with van der Waals surface area (Å²) in [5.74, 6) is 0.563. The minimum absolute atomic E-state index is 0.264. The van der Waals surface area contributed by atoms with E-state index in [1.165, 1.54) is 24.5 Å². The van der Waals surface area contributed by atoms with Crippen LogP contribution in [0.15, 0.2) is 24.5 Å². The molecule has 1 aromatic heterocycles. The van der Waals surface area contributed by atoms with Gasteiger partial charge in [-0.3, -0.25) is 0 Å². The Morgan fingerprint density at radius 2 is 2.11 bits per heavy atom. The van der Waals surface area contributed by atoms with E-state index in [-0.39, 0.29) is 11.5 Å². The van der Waals surface area contributed by atoms with Gasteiger partial charge in [-0.25, -0.2) is 14.4 Å². The van der Waals surface area contributed by atoms with Crippen molar-refractivity contribution in [3.05, 3.63) is 41.6 Å². The van der Waals surface area contributed by atoms with Gasteiger partial charge >= 0.3 is 0 Å². The highest BCUT2D eigenvalue weighted by Gasteiger charge is 2.19. The van der Waals surface area contributed by atoms with Crippen molar-refractivity contribution in [1.29, 1.82) is 0 Å². The molecule has 0 spiro atoms. The molecule has 92 valence electrons. The third-order valence-electron chi connectivity index (χ3n) is 3.01. The zero-order valence-corrected chi connectivity index (χ0v) is 9.69. The Hall–Kier alpha value is -2.17. The number of hydrogen-bond acceptors (Lipinski definition) is 4. The third kappa shape index (κ3) is 1.88. The van der Waals surface area contributed by atoms with Crippen molar-refractivity contribution >= 4 is 5.69 Å². The van der Waals surface area contributed by atoms with Gasteiger partial charge in [0.05, 0.1) is 11.4 Å². The number of benzene rings is 1. The lowest BCUT2D eigenvalue weighted by Gasteiger charge is -2.10. The molecule has 0 amide bonds. The molecule has 2 N–H and O–H groups in total. The topological polar surface area (TPSA) is 61.0 Å². The summed E-state index contributed by atoms with van der Waals surface area (Å²) in [6.45, 7) is 0. The minimum Gasteiger partial charge on any atom is -0.436 e. The number of fused-ring (bicyclic) bond motifs is 1. The Bertz CT molecular complexity index is 601. The number of aromatic nitrogens is 2. The monoisotopic (exact) mass is 245 g/mol. The van der Waals surface area contributed by atoms with E-state index in [9.17, 15) is 4.39 Å². The summed E-state index contributed by atoms with van der Waals surface area (Å²) in [6.07, 6.45) is 4.40. The SMILES string of the molecule is Nc1cc(F)ccc1Oc1ncnc2c1CCC2. The fourth-order valence-electron chi connectivity index (χ4n) is 2.13. The van der Waals surface area contributed by atoms with Crippen molar-refractivity contribution in [1.82, 2.24) is 9.97 Å². The molecule has 0 bridgehead atoms. The predicted octanol–water partition coefficient (Wildman–Crippen LogP) is 2.48. The van der Waals surface area contributed by atoms with Crippen molar-refractivity contribution < 1.29 is 9.13 Å². The minimum atomic E-state index is -0.382. The summed E-state index contributed by atoms with van der Waals surface area (Å²) in [6, 6.07) is 4.05. The molecule has 0 aliphatic heterocycles. The number of halogens is 1. The van der Waals surface area contributed by atoms with E-state index < -0.39 is 0 Å². The van der Waals surface area contributed by atoms with Crippen LogP contribution in [0.2, 0.25) is 0 Å². The fraction of sp³-hybridized carbons (Fsp3) is 0.231. The number of aryl methyl sites for hydroxylation is 1. The summed E-state index contributed by atoms with van der Waals surface area (Å²) >= 11 is 0. The smallest absolute Gasteiger partial charge is 0.225 e. The summed E-state index contributed by atoms with van der Waals surface area (Å²) in [5, 5.41) is 0. The van der Waals surface area contributed by atoms with E-state index in [1.807, 2.05) is 0 Å². The molecule has 0 atom stereocenters. The first-order valence-corrected chi connectivity index (χ1v) is 5.79. The van der Waals surface area contributed by atoms with Gasteiger partial charge in [-0.05, 0) is 31.4 Å². The molecule has 1 heterocycles. The highest BCUT2D eigenvalue weighted by Crippen LogP contribution is 2.32. The molecule has 0 unspecified atom stereocenters. The highest BCUT2D eigenvalue weighted by molar-refractivity contribution is 5.54. The van der Waals surface area contributed by atoms with Crippen LogP contribution >= 0.6 is 0 Å². The Balaban J connectivity index is 1.95. The number of nitrogens with two attached hydrogens (primary N) is 1. The first-order valence-electron chi connectivity index (χ1n) is 5.79. The average molecular weight is 245 g/mol. The second kappa shape index (κ2) is 4.25. The maximum atomic E-state index is 12.9. The largest absolute Gasteiger partial charge is 0.436 e. The van der Waals surface area contributed by atoms with Gasteiger partial charge in [0.15, 0.2) is 5.75 Å². The van der Waals surface area contributed by atoms with Gasteiger partial charge in [-0.1, -0.05) is 0 Å². The second-order valence-corrected chi connectivity index (χ2v) is 4.24. The number of rotatable bonds is 2. The van der Waals surface area contributed by atoms with E-state index in [1.54, 1.807) is 0 Å². The molecule has 1 aliphatic rings. The van der Waals surface area contributed by atoms with E-state index in [4.69, 9.17) is 10.5 Å². The molecule has 2 aromatic rings. The second-order valence-electron chi connectivity index (χ2n) is 4.24. The number of nitrogen functional groups attached to an aromatic ring is 1. The number of ether oxygens (including phenoxy) is 1. The molecule has 0 saturated heterocycles. The molecule has 0 radical (unpaired) electrons. The summed E-state index contributed by atoms with van der Waals surface area (Å²) in [7, 11) is 0. The Labute approximate surface area is 104 Å². The summed E-state index contributed by atoms with van der Waals surface area (Å²) in [5.41, 5.74) is 8.03. The van der Waals surface area contributed by atoms with Crippen LogP contribution in [0.3, 0.4) is 0 Å². The maximum Gasteiger partial charge on any atom is 0.225 e. The highest BCUT2D eigenvalue weighted by atomic mass is 19.1. The van der Waals surface area contributed by atoms with Crippen LogP contribution in [0.5, 0.6) is 11.6 Å². The van der Waals surface area contributed by atoms with Crippen molar-refractivity contribution in [2.24, 2.45) is 0 Å². The van der Waals surface area contributed by atoms with Crippen LogP contribution in [0.1, 0.15) is 17.7 Å². The zero-order chi connectivity index (χ0) is 12.5. The van der Waals surface area contributed by atoms with Gasteiger partial charge < -0.3 is 10.5 Å². The van der Waals surface area contributed by atoms with Crippen LogP contribution in [-0.2, 0) is 12.8 Å².